The molecule has 0 aliphatic carbocycles. The van der Waals surface area contributed by atoms with E-state index in [0.29, 0.717) is 0 Å². The first-order chi connectivity index (χ1) is 8.61. The molecule has 7 nitrogen and oxygen atoms in total. The summed E-state index contributed by atoms with van der Waals surface area (Å²) in [6.45, 7) is 0. The third kappa shape index (κ3) is 14.6. The third-order valence-electron chi connectivity index (χ3n) is 2.02. The van der Waals surface area contributed by atoms with Gasteiger partial charge in [-0.15, -0.1) is 0 Å². The minimum atomic E-state index is -1.13. The Balaban J connectivity index is -0.0000000771. The van der Waals surface area contributed by atoms with Gasteiger partial charge in [0, 0.05) is 0 Å². The Hall–Kier alpha value is -0.740. The van der Waals surface area contributed by atoms with E-state index in [2.05, 4.69) is 0 Å². The summed E-state index contributed by atoms with van der Waals surface area (Å²) in [5.74, 6) is -2.26. The van der Waals surface area contributed by atoms with E-state index in [9.17, 15) is 19.8 Å². The molecule has 2 aromatic carbocycles. The molecule has 0 saturated carbocycles. The maximum Gasteiger partial charge on any atom is 1.00 e. The van der Waals surface area contributed by atoms with Crippen LogP contribution in [0.5, 0.6) is 0 Å². The molecular weight excluding hydrogens is 326 g/mol. The summed E-state index contributed by atoms with van der Waals surface area (Å²) in [6, 6.07) is 16.1. The molecule has 0 unspecified atom stereocenters. The Morgan fingerprint density at radius 2 is 0.783 bits per heavy atom. The van der Waals surface area contributed by atoms with Gasteiger partial charge in [0.15, 0.2) is 0 Å². The molecule has 2 aromatic rings. The van der Waals surface area contributed by atoms with Crippen LogP contribution in [0, 0.1) is 0 Å². The fraction of sp³-hybridized carbons (Fsp3) is 0. The minimum Gasteiger partial charge on any atom is -0.545 e. The Kier molecular flexibility index (Phi) is 28.4. The van der Waals surface area contributed by atoms with Crippen LogP contribution in [-0.4, -0.2) is 28.4 Å². The van der Waals surface area contributed by atoms with Crippen molar-refractivity contribution >= 4 is 11.9 Å². The molecule has 0 aliphatic rings. The zero-order chi connectivity index (χ0) is 13.4. The zero-order valence-electron chi connectivity index (χ0n) is 12.9. The van der Waals surface area contributed by atoms with Gasteiger partial charge in [0.2, 0.25) is 0 Å². The Labute approximate surface area is 177 Å². The smallest absolute Gasteiger partial charge is 0.545 e. The van der Waals surface area contributed by atoms with Crippen LogP contribution in [0.1, 0.15) is 20.7 Å². The number of carbonyl (C=O) groups excluding carboxylic acids is 2. The number of benzene rings is 2. The normalized spacial score (nSPS) is 6.96. The van der Waals surface area contributed by atoms with E-state index in [1.165, 1.54) is 24.3 Å². The van der Waals surface area contributed by atoms with Crippen LogP contribution in [0.4, 0.5) is 0 Å². The fourth-order valence-electron chi connectivity index (χ4n) is 1.15. The van der Waals surface area contributed by atoms with Gasteiger partial charge in [0.25, 0.3) is 0 Å². The van der Waals surface area contributed by atoms with Crippen LogP contribution in [0.15, 0.2) is 60.7 Å². The van der Waals surface area contributed by atoms with Crippen LogP contribution < -0.4 is 69.3 Å². The fourth-order valence-corrected chi connectivity index (χ4v) is 1.15. The minimum absolute atomic E-state index is 0. The van der Waals surface area contributed by atoms with Gasteiger partial charge in [-0.05, 0) is 11.1 Å². The molecule has 0 saturated heterocycles. The van der Waals surface area contributed by atoms with Crippen molar-refractivity contribution in [1.82, 2.24) is 0 Å². The summed E-state index contributed by atoms with van der Waals surface area (Å²) in [5.41, 5.74) is 0.440. The van der Waals surface area contributed by atoms with E-state index in [1.54, 1.807) is 36.4 Å². The molecule has 2 rings (SSSR count). The Morgan fingerprint density at radius 1 is 0.565 bits per heavy atom. The molecular formula is C14H16Na2O7. The summed E-state index contributed by atoms with van der Waals surface area (Å²) in [6.07, 6.45) is 0. The van der Waals surface area contributed by atoms with E-state index < -0.39 is 11.9 Å². The number of carboxylic acid groups (broad SMARTS) is 2. The van der Waals surface area contributed by atoms with Crippen molar-refractivity contribution in [2.45, 2.75) is 0 Å². The van der Waals surface area contributed by atoms with Gasteiger partial charge in [-0.3, -0.25) is 0 Å². The SMILES string of the molecule is O.O.O.O=C([O-])c1ccccc1.O=C([O-])c1ccccc1.[Na+].[Na+]. The quantitative estimate of drug-likeness (QED) is 0.493. The van der Waals surface area contributed by atoms with Crippen LogP contribution in [0.3, 0.4) is 0 Å². The number of carboxylic acids is 2. The van der Waals surface area contributed by atoms with Crippen LogP contribution in [0.2, 0.25) is 0 Å². The van der Waals surface area contributed by atoms with E-state index >= 15 is 0 Å². The molecule has 0 fully saturated rings. The average Bonchev–Trinajstić information content (AvgIpc) is 2.41. The summed E-state index contributed by atoms with van der Waals surface area (Å²) < 4.78 is 0. The van der Waals surface area contributed by atoms with Gasteiger partial charge in [-0.1, -0.05) is 60.7 Å². The van der Waals surface area contributed by atoms with Crippen LogP contribution >= 0.6 is 0 Å². The second kappa shape index (κ2) is 19.3. The largest absolute Gasteiger partial charge is 1.00 e. The summed E-state index contributed by atoms with van der Waals surface area (Å²) >= 11 is 0. The monoisotopic (exact) mass is 342 g/mol. The number of aromatic carboxylic acids is 2. The van der Waals surface area contributed by atoms with Crippen molar-refractivity contribution in [3.63, 3.8) is 0 Å². The molecule has 0 aliphatic heterocycles. The summed E-state index contributed by atoms with van der Waals surface area (Å²) in [4.78, 5) is 20.2. The van der Waals surface area contributed by atoms with Crippen molar-refractivity contribution < 1.29 is 95.3 Å². The van der Waals surface area contributed by atoms with Gasteiger partial charge in [0.1, 0.15) is 0 Å². The molecule has 116 valence electrons. The first-order valence-corrected chi connectivity index (χ1v) is 5.14. The number of hydrogen-bond acceptors (Lipinski definition) is 4. The van der Waals surface area contributed by atoms with Gasteiger partial charge < -0.3 is 36.2 Å². The van der Waals surface area contributed by atoms with Crippen LogP contribution in [0.25, 0.3) is 0 Å². The zero-order valence-corrected chi connectivity index (χ0v) is 16.9. The van der Waals surface area contributed by atoms with E-state index in [-0.39, 0.29) is 86.7 Å². The maximum absolute atomic E-state index is 10.1. The van der Waals surface area contributed by atoms with Crippen molar-refractivity contribution in [2.75, 3.05) is 0 Å². The topological polar surface area (TPSA) is 175 Å². The Bertz CT molecular complexity index is 472. The average molecular weight is 342 g/mol. The van der Waals surface area contributed by atoms with E-state index in [0.717, 1.165) is 0 Å². The van der Waals surface area contributed by atoms with E-state index in [1.807, 2.05) is 0 Å². The second-order valence-corrected chi connectivity index (χ2v) is 3.31. The third-order valence-corrected chi connectivity index (χ3v) is 2.02. The molecule has 9 heteroatoms. The Morgan fingerprint density at radius 3 is 0.913 bits per heavy atom. The molecule has 0 heterocycles. The second-order valence-electron chi connectivity index (χ2n) is 3.31. The van der Waals surface area contributed by atoms with Gasteiger partial charge >= 0.3 is 59.1 Å². The summed E-state index contributed by atoms with van der Waals surface area (Å²) in [7, 11) is 0. The number of carbonyl (C=O) groups is 2. The van der Waals surface area contributed by atoms with E-state index in [4.69, 9.17) is 0 Å². The molecule has 0 aromatic heterocycles. The molecule has 0 spiro atoms. The molecule has 0 radical (unpaired) electrons. The first kappa shape index (κ1) is 33.8. The van der Waals surface area contributed by atoms with Gasteiger partial charge in [-0.2, -0.15) is 0 Å². The predicted molar refractivity (Wildman–Crippen MR) is 72.4 cm³/mol. The van der Waals surface area contributed by atoms with Crippen LogP contribution in [-0.2, 0) is 0 Å². The number of hydrogen-bond donors (Lipinski definition) is 0. The van der Waals surface area contributed by atoms with Crippen molar-refractivity contribution in [2.24, 2.45) is 0 Å². The van der Waals surface area contributed by atoms with Crippen molar-refractivity contribution in [1.29, 1.82) is 0 Å². The maximum atomic E-state index is 10.1. The van der Waals surface area contributed by atoms with Gasteiger partial charge in [0.05, 0.1) is 11.9 Å². The molecule has 23 heavy (non-hydrogen) atoms. The van der Waals surface area contributed by atoms with Gasteiger partial charge in [-0.25, -0.2) is 0 Å². The first-order valence-electron chi connectivity index (χ1n) is 5.14. The number of rotatable bonds is 2. The standard InChI is InChI=1S/2C7H6O2.2Na.3H2O/c2*8-7(9)6-4-2-1-3-5-6;;;;;/h2*1-5H,(H,8,9);;;3*1H2/q;;2*+1;;;/p-2. The molecule has 0 amide bonds. The van der Waals surface area contributed by atoms with Crippen molar-refractivity contribution in [3.8, 4) is 0 Å². The van der Waals surface area contributed by atoms with Crippen molar-refractivity contribution in [3.05, 3.63) is 71.8 Å². The summed E-state index contributed by atoms with van der Waals surface area (Å²) in [5, 5.41) is 20.2. The molecule has 6 N–H and O–H groups in total. The predicted octanol–water partition coefficient (Wildman–Crippen LogP) is -8.37. The molecule has 0 atom stereocenters. The molecule has 0 bridgehead atoms.